The molecule has 0 bridgehead atoms. The van der Waals surface area contributed by atoms with Crippen molar-refractivity contribution in [2.24, 2.45) is 0 Å². The second-order valence-electron chi connectivity index (χ2n) is 4.08. The third-order valence-corrected chi connectivity index (χ3v) is 2.85. The van der Waals surface area contributed by atoms with Crippen LogP contribution in [-0.2, 0) is 4.74 Å². The van der Waals surface area contributed by atoms with E-state index in [0.717, 1.165) is 19.8 Å². The van der Waals surface area contributed by atoms with Crippen LogP contribution in [0.5, 0.6) is 0 Å². The normalized spacial score (nSPS) is 24.0. The molecular formula is C11H24N2O. The summed E-state index contributed by atoms with van der Waals surface area (Å²) < 4.78 is 5.22. The Hall–Kier alpha value is -0.120. The summed E-state index contributed by atoms with van der Waals surface area (Å²) in [5.41, 5.74) is 0. The van der Waals surface area contributed by atoms with Gasteiger partial charge in [-0.1, -0.05) is 13.3 Å². The molecule has 1 fully saturated rings. The van der Waals surface area contributed by atoms with Crippen molar-refractivity contribution in [2.75, 3.05) is 33.5 Å². The van der Waals surface area contributed by atoms with Crippen LogP contribution in [0.3, 0.4) is 0 Å². The maximum Gasteiger partial charge on any atom is 0.0989 e. The highest BCUT2D eigenvalue weighted by Gasteiger charge is 2.21. The summed E-state index contributed by atoms with van der Waals surface area (Å²) in [4.78, 5) is 2.45. The van der Waals surface area contributed by atoms with E-state index in [1.54, 1.807) is 7.11 Å². The Balaban J connectivity index is 2.22. The van der Waals surface area contributed by atoms with Crippen LogP contribution < -0.4 is 5.32 Å². The maximum atomic E-state index is 5.22. The first-order valence-corrected chi connectivity index (χ1v) is 5.82. The predicted molar refractivity (Wildman–Crippen MR) is 59.4 cm³/mol. The molecule has 1 aliphatic rings. The molecule has 14 heavy (non-hydrogen) atoms. The fourth-order valence-corrected chi connectivity index (χ4v) is 2.07. The van der Waals surface area contributed by atoms with E-state index in [4.69, 9.17) is 4.74 Å². The maximum absolute atomic E-state index is 5.22. The number of likely N-dealkylation sites (tertiary alicyclic amines) is 1. The lowest BCUT2D eigenvalue weighted by Crippen LogP contribution is -2.46. The Bertz CT molecular complexity index is 139. The van der Waals surface area contributed by atoms with Gasteiger partial charge < -0.3 is 10.1 Å². The van der Waals surface area contributed by atoms with Crippen LogP contribution >= 0.6 is 0 Å². The molecule has 1 saturated heterocycles. The topological polar surface area (TPSA) is 24.5 Å². The lowest BCUT2D eigenvalue weighted by Gasteiger charge is -2.35. The zero-order chi connectivity index (χ0) is 10.2. The Kier molecular flexibility index (Phi) is 6.15. The molecule has 1 unspecified atom stereocenters. The highest BCUT2D eigenvalue weighted by Crippen LogP contribution is 2.15. The smallest absolute Gasteiger partial charge is 0.0989 e. The molecule has 1 aliphatic heterocycles. The lowest BCUT2D eigenvalue weighted by atomic mass is 10.0. The van der Waals surface area contributed by atoms with Crippen molar-refractivity contribution in [3.8, 4) is 0 Å². The molecule has 0 spiro atoms. The minimum atomic E-state index is 0.690. The molecule has 84 valence electrons. The van der Waals surface area contributed by atoms with Gasteiger partial charge in [0.05, 0.1) is 6.73 Å². The van der Waals surface area contributed by atoms with E-state index >= 15 is 0 Å². The molecular weight excluding hydrogens is 176 g/mol. The van der Waals surface area contributed by atoms with Crippen LogP contribution in [0, 0.1) is 0 Å². The van der Waals surface area contributed by atoms with Gasteiger partial charge in [0.2, 0.25) is 0 Å². The first-order valence-electron chi connectivity index (χ1n) is 5.82. The monoisotopic (exact) mass is 200 g/mol. The first kappa shape index (κ1) is 12.0. The fraction of sp³-hybridized carbons (Fsp3) is 1.00. The molecule has 0 aromatic rings. The molecule has 1 rings (SSSR count). The van der Waals surface area contributed by atoms with E-state index in [9.17, 15) is 0 Å². The van der Waals surface area contributed by atoms with Gasteiger partial charge in [0.15, 0.2) is 0 Å². The first-order chi connectivity index (χ1) is 6.88. The van der Waals surface area contributed by atoms with Gasteiger partial charge in [-0.05, 0) is 25.8 Å². The Morgan fingerprint density at radius 2 is 2.29 bits per heavy atom. The Labute approximate surface area is 87.8 Å². The number of nitrogens with zero attached hydrogens (tertiary/aromatic N) is 1. The van der Waals surface area contributed by atoms with E-state index in [1.807, 2.05) is 0 Å². The van der Waals surface area contributed by atoms with Crippen molar-refractivity contribution in [3.05, 3.63) is 0 Å². The summed E-state index contributed by atoms with van der Waals surface area (Å²) in [7, 11) is 1.78. The van der Waals surface area contributed by atoms with E-state index in [0.29, 0.717) is 6.04 Å². The summed E-state index contributed by atoms with van der Waals surface area (Å²) in [5.74, 6) is 0. The van der Waals surface area contributed by atoms with Crippen LogP contribution in [0.1, 0.15) is 32.6 Å². The molecule has 1 heterocycles. The van der Waals surface area contributed by atoms with Crippen LogP contribution in [-0.4, -0.2) is 44.4 Å². The Morgan fingerprint density at radius 1 is 1.43 bits per heavy atom. The molecule has 0 aromatic carbocycles. The van der Waals surface area contributed by atoms with Gasteiger partial charge in [0.1, 0.15) is 0 Å². The van der Waals surface area contributed by atoms with Crippen LogP contribution in [0.4, 0.5) is 0 Å². The van der Waals surface area contributed by atoms with E-state index in [2.05, 4.69) is 17.1 Å². The predicted octanol–water partition coefficient (Wildman–Crippen LogP) is 1.44. The van der Waals surface area contributed by atoms with Gasteiger partial charge in [0, 0.05) is 26.2 Å². The highest BCUT2D eigenvalue weighted by molar-refractivity contribution is 4.76. The van der Waals surface area contributed by atoms with Crippen molar-refractivity contribution >= 4 is 0 Å². The standard InChI is InChI=1S/C11H24N2O/c1-3-7-12-9-11-6-4-5-8-13(11)10-14-2/h11-12H,3-10H2,1-2H3. The van der Waals surface area contributed by atoms with E-state index in [1.165, 1.54) is 32.2 Å². The third-order valence-electron chi connectivity index (χ3n) is 2.85. The van der Waals surface area contributed by atoms with E-state index < -0.39 is 0 Å². The van der Waals surface area contributed by atoms with Gasteiger partial charge in [-0.15, -0.1) is 0 Å². The number of nitrogens with one attached hydrogen (secondary N) is 1. The molecule has 0 saturated carbocycles. The lowest BCUT2D eigenvalue weighted by molar-refractivity contribution is 0.0155. The zero-order valence-electron chi connectivity index (χ0n) is 9.59. The number of piperidine rings is 1. The highest BCUT2D eigenvalue weighted by atomic mass is 16.5. The minimum Gasteiger partial charge on any atom is -0.369 e. The second kappa shape index (κ2) is 7.21. The van der Waals surface area contributed by atoms with Gasteiger partial charge in [0.25, 0.3) is 0 Å². The van der Waals surface area contributed by atoms with E-state index in [-0.39, 0.29) is 0 Å². The van der Waals surface area contributed by atoms with Crippen molar-refractivity contribution < 1.29 is 4.74 Å². The summed E-state index contributed by atoms with van der Waals surface area (Å²) in [6.07, 6.45) is 5.24. The molecule has 0 aromatic heterocycles. The number of hydrogen-bond donors (Lipinski definition) is 1. The van der Waals surface area contributed by atoms with Crippen molar-refractivity contribution in [2.45, 2.75) is 38.6 Å². The minimum absolute atomic E-state index is 0.690. The zero-order valence-corrected chi connectivity index (χ0v) is 9.59. The molecule has 0 aliphatic carbocycles. The molecule has 1 N–H and O–H groups in total. The molecule has 1 atom stereocenters. The number of methoxy groups -OCH3 is 1. The summed E-state index contributed by atoms with van der Waals surface area (Å²) in [6, 6.07) is 0.690. The summed E-state index contributed by atoms with van der Waals surface area (Å²) in [6.45, 7) is 6.46. The van der Waals surface area contributed by atoms with Crippen molar-refractivity contribution in [1.82, 2.24) is 10.2 Å². The summed E-state index contributed by atoms with van der Waals surface area (Å²) in [5, 5.41) is 3.50. The average Bonchev–Trinajstić information content (AvgIpc) is 2.21. The molecule has 0 radical (unpaired) electrons. The van der Waals surface area contributed by atoms with Gasteiger partial charge >= 0.3 is 0 Å². The van der Waals surface area contributed by atoms with Gasteiger partial charge in [-0.25, -0.2) is 0 Å². The van der Waals surface area contributed by atoms with Crippen LogP contribution in [0.2, 0.25) is 0 Å². The fourth-order valence-electron chi connectivity index (χ4n) is 2.07. The van der Waals surface area contributed by atoms with Gasteiger partial charge in [-0.3, -0.25) is 4.90 Å². The van der Waals surface area contributed by atoms with Gasteiger partial charge in [-0.2, -0.15) is 0 Å². The quantitative estimate of drug-likeness (QED) is 0.657. The molecule has 3 nitrogen and oxygen atoms in total. The third kappa shape index (κ3) is 3.95. The molecule has 0 amide bonds. The number of hydrogen-bond acceptors (Lipinski definition) is 3. The van der Waals surface area contributed by atoms with Crippen LogP contribution in [0.15, 0.2) is 0 Å². The van der Waals surface area contributed by atoms with Crippen LogP contribution in [0.25, 0.3) is 0 Å². The largest absolute Gasteiger partial charge is 0.369 e. The number of ether oxygens (including phenoxy) is 1. The van der Waals surface area contributed by atoms with Crippen molar-refractivity contribution in [3.63, 3.8) is 0 Å². The SMILES string of the molecule is CCCNCC1CCCCN1COC. The average molecular weight is 200 g/mol. The summed E-state index contributed by atoms with van der Waals surface area (Å²) >= 11 is 0. The molecule has 3 heteroatoms. The second-order valence-corrected chi connectivity index (χ2v) is 4.08. The Morgan fingerprint density at radius 3 is 3.00 bits per heavy atom. The number of rotatable bonds is 6. The van der Waals surface area contributed by atoms with Crippen molar-refractivity contribution in [1.29, 1.82) is 0 Å².